The Hall–Kier alpha value is -0.640. The van der Waals surface area contributed by atoms with E-state index in [2.05, 4.69) is 26.1 Å². The van der Waals surface area contributed by atoms with Gasteiger partial charge in [-0.3, -0.25) is 4.79 Å². The molecule has 0 heterocycles. The van der Waals surface area contributed by atoms with E-state index in [1.165, 1.54) is 12.8 Å². The first-order chi connectivity index (χ1) is 8.42. The van der Waals surface area contributed by atoms with Gasteiger partial charge in [0.2, 0.25) is 5.91 Å². The minimum Gasteiger partial charge on any atom is -0.392 e. The second-order valence-corrected chi connectivity index (χ2v) is 6.27. The molecular formula is C14H26N2OS. The number of nitrogens with one attached hydrogen (secondary N) is 1. The van der Waals surface area contributed by atoms with Crippen molar-refractivity contribution in [3.8, 4) is 0 Å². The van der Waals surface area contributed by atoms with Gasteiger partial charge in [-0.1, -0.05) is 45.3 Å². The minimum atomic E-state index is -0.562. The van der Waals surface area contributed by atoms with Crippen LogP contribution >= 0.6 is 12.2 Å². The zero-order valence-corrected chi connectivity index (χ0v) is 12.6. The number of unbranched alkanes of at least 4 members (excludes halogenated alkanes) is 2. The third-order valence-electron chi connectivity index (χ3n) is 3.92. The molecule has 0 saturated heterocycles. The second kappa shape index (κ2) is 6.50. The van der Waals surface area contributed by atoms with E-state index in [4.69, 9.17) is 18.0 Å². The highest BCUT2D eigenvalue weighted by atomic mass is 32.1. The van der Waals surface area contributed by atoms with Crippen LogP contribution in [0.5, 0.6) is 0 Å². The molecule has 3 nitrogen and oxygen atoms in total. The van der Waals surface area contributed by atoms with Gasteiger partial charge in [-0.15, -0.1) is 0 Å². The van der Waals surface area contributed by atoms with E-state index in [1.54, 1.807) is 0 Å². The number of carbonyl (C=O) groups excluding carboxylic acids is 1. The Morgan fingerprint density at radius 2 is 2.11 bits per heavy atom. The molecule has 1 atom stereocenters. The lowest BCUT2D eigenvalue weighted by Crippen LogP contribution is -2.57. The van der Waals surface area contributed by atoms with Gasteiger partial charge in [0.15, 0.2) is 0 Å². The van der Waals surface area contributed by atoms with Crippen molar-refractivity contribution in [2.45, 2.75) is 65.3 Å². The quantitative estimate of drug-likeness (QED) is 0.552. The summed E-state index contributed by atoms with van der Waals surface area (Å²) in [5, 5.41) is 3.08. The highest BCUT2D eigenvalue weighted by Gasteiger charge is 2.50. The highest BCUT2D eigenvalue weighted by Crippen LogP contribution is 2.46. The number of amides is 1. The molecule has 0 aromatic heterocycles. The molecule has 18 heavy (non-hydrogen) atoms. The third-order valence-corrected chi connectivity index (χ3v) is 4.31. The normalized spacial score (nSPS) is 28.3. The number of hydrogen-bond donors (Lipinski definition) is 2. The third kappa shape index (κ3) is 3.44. The number of hydrogen-bond acceptors (Lipinski definition) is 2. The van der Waals surface area contributed by atoms with Crippen LogP contribution < -0.4 is 11.1 Å². The van der Waals surface area contributed by atoms with E-state index in [0.717, 1.165) is 25.7 Å². The highest BCUT2D eigenvalue weighted by molar-refractivity contribution is 7.80. The number of nitrogens with two attached hydrogens (primary N) is 1. The van der Waals surface area contributed by atoms with Crippen molar-refractivity contribution < 1.29 is 4.79 Å². The molecule has 0 aromatic rings. The molecule has 1 fully saturated rings. The summed E-state index contributed by atoms with van der Waals surface area (Å²) >= 11 is 5.09. The van der Waals surface area contributed by atoms with Crippen LogP contribution in [0, 0.1) is 11.3 Å². The summed E-state index contributed by atoms with van der Waals surface area (Å²) < 4.78 is 0. The van der Waals surface area contributed by atoms with Gasteiger partial charge < -0.3 is 11.1 Å². The van der Waals surface area contributed by atoms with Crippen molar-refractivity contribution in [2.75, 3.05) is 0 Å². The molecule has 0 bridgehead atoms. The first-order valence-corrected chi connectivity index (χ1v) is 7.44. The maximum atomic E-state index is 12.3. The number of thiocarbonyl (C=S) groups is 1. The Kier molecular flexibility index (Phi) is 5.57. The summed E-state index contributed by atoms with van der Waals surface area (Å²) in [6.45, 7) is 6.37. The molecule has 1 saturated carbocycles. The van der Waals surface area contributed by atoms with Gasteiger partial charge in [-0.25, -0.2) is 0 Å². The van der Waals surface area contributed by atoms with Crippen molar-refractivity contribution in [2.24, 2.45) is 17.1 Å². The Morgan fingerprint density at radius 1 is 1.50 bits per heavy atom. The van der Waals surface area contributed by atoms with E-state index in [9.17, 15) is 4.79 Å². The molecule has 1 aliphatic carbocycles. The number of rotatable bonds is 7. The van der Waals surface area contributed by atoms with E-state index in [0.29, 0.717) is 10.9 Å². The second-order valence-electron chi connectivity index (χ2n) is 5.83. The lowest BCUT2D eigenvalue weighted by atomic mass is 9.62. The van der Waals surface area contributed by atoms with Crippen molar-refractivity contribution >= 4 is 23.1 Å². The van der Waals surface area contributed by atoms with Gasteiger partial charge >= 0.3 is 0 Å². The standard InChI is InChI=1S/C14H26N2OS/c1-4-5-6-7-11(3)16-13(17)14(12(15)18)8-10(2)9-14/h10-11H,4-9H2,1-3H3,(H2,15,18)(H,16,17). The van der Waals surface area contributed by atoms with E-state index in [1.807, 2.05) is 0 Å². The van der Waals surface area contributed by atoms with Crippen molar-refractivity contribution in [3.05, 3.63) is 0 Å². The smallest absolute Gasteiger partial charge is 0.233 e. The van der Waals surface area contributed by atoms with Crippen LogP contribution in [0.2, 0.25) is 0 Å². The first kappa shape index (κ1) is 15.4. The number of carbonyl (C=O) groups is 1. The molecular weight excluding hydrogens is 244 g/mol. The molecule has 4 heteroatoms. The lowest BCUT2D eigenvalue weighted by molar-refractivity contribution is -0.133. The Morgan fingerprint density at radius 3 is 2.56 bits per heavy atom. The molecule has 1 rings (SSSR count). The van der Waals surface area contributed by atoms with Crippen LogP contribution in [-0.2, 0) is 4.79 Å². The molecule has 0 aromatic carbocycles. The fourth-order valence-corrected chi connectivity index (χ4v) is 3.02. The Labute approximate surface area is 116 Å². The van der Waals surface area contributed by atoms with E-state index in [-0.39, 0.29) is 11.9 Å². The van der Waals surface area contributed by atoms with Crippen LogP contribution in [0.1, 0.15) is 59.3 Å². The summed E-state index contributed by atoms with van der Waals surface area (Å²) in [4.78, 5) is 12.7. The summed E-state index contributed by atoms with van der Waals surface area (Å²) in [5.74, 6) is 0.588. The molecule has 104 valence electrons. The largest absolute Gasteiger partial charge is 0.392 e. The van der Waals surface area contributed by atoms with Crippen LogP contribution in [-0.4, -0.2) is 16.9 Å². The maximum absolute atomic E-state index is 12.3. The average Bonchev–Trinajstić information content (AvgIpc) is 2.24. The molecule has 1 amide bonds. The van der Waals surface area contributed by atoms with E-state index < -0.39 is 5.41 Å². The van der Waals surface area contributed by atoms with Crippen molar-refractivity contribution in [1.82, 2.24) is 5.32 Å². The lowest BCUT2D eigenvalue weighted by Gasteiger charge is -2.44. The summed E-state index contributed by atoms with van der Waals surface area (Å²) in [6, 6.07) is 0.214. The van der Waals surface area contributed by atoms with Crippen molar-refractivity contribution in [3.63, 3.8) is 0 Å². The molecule has 1 aliphatic rings. The molecule has 1 unspecified atom stereocenters. The molecule has 0 spiro atoms. The van der Waals surface area contributed by atoms with Gasteiger partial charge in [0.05, 0.1) is 10.4 Å². The van der Waals surface area contributed by atoms with Gasteiger partial charge in [0.1, 0.15) is 0 Å². The van der Waals surface area contributed by atoms with Crippen LogP contribution in [0.25, 0.3) is 0 Å². The first-order valence-electron chi connectivity index (χ1n) is 7.03. The summed E-state index contributed by atoms with van der Waals surface area (Å²) in [5.41, 5.74) is 5.20. The fraction of sp³-hybridized carbons (Fsp3) is 0.857. The summed E-state index contributed by atoms with van der Waals surface area (Å²) in [6.07, 6.45) is 6.22. The maximum Gasteiger partial charge on any atom is 0.233 e. The predicted molar refractivity (Wildman–Crippen MR) is 79.4 cm³/mol. The van der Waals surface area contributed by atoms with E-state index >= 15 is 0 Å². The zero-order chi connectivity index (χ0) is 13.8. The van der Waals surface area contributed by atoms with Crippen molar-refractivity contribution in [1.29, 1.82) is 0 Å². The van der Waals surface area contributed by atoms with Crippen LogP contribution in [0.15, 0.2) is 0 Å². The Balaban J connectivity index is 2.46. The minimum absolute atomic E-state index is 0.0390. The molecule has 0 radical (unpaired) electrons. The van der Waals surface area contributed by atoms with Gasteiger partial charge in [0, 0.05) is 6.04 Å². The summed E-state index contributed by atoms with van der Waals surface area (Å²) in [7, 11) is 0. The van der Waals surface area contributed by atoms with Crippen LogP contribution in [0.4, 0.5) is 0 Å². The van der Waals surface area contributed by atoms with Gasteiger partial charge in [-0.2, -0.15) is 0 Å². The van der Waals surface area contributed by atoms with Crippen LogP contribution in [0.3, 0.4) is 0 Å². The SMILES string of the molecule is CCCCCC(C)NC(=O)C1(C(N)=S)CC(C)C1. The zero-order valence-electron chi connectivity index (χ0n) is 11.8. The monoisotopic (exact) mass is 270 g/mol. The molecule has 3 N–H and O–H groups in total. The van der Waals surface area contributed by atoms with Gasteiger partial charge in [-0.05, 0) is 32.1 Å². The predicted octanol–water partition coefficient (Wildman–Crippen LogP) is 2.77. The Bertz CT molecular complexity index is 311. The molecule has 0 aliphatic heterocycles. The van der Waals surface area contributed by atoms with Gasteiger partial charge in [0.25, 0.3) is 0 Å². The topological polar surface area (TPSA) is 55.1 Å². The average molecular weight is 270 g/mol. The fourth-order valence-electron chi connectivity index (χ4n) is 2.76.